The van der Waals surface area contributed by atoms with Gasteiger partial charge in [0.1, 0.15) is 5.82 Å². The quantitative estimate of drug-likeness (QED) is 0.802. The number of hydrogen-bond donors (Lipinski definition) is 1. The zero-order valence-corrected chi connectivity index (χ0v) is 14.2. The third-order valence-electron chi connectivity index (χ3n) is 5.97. The predicted octanol–water partition coefficient (Wildman–Crippen LogP) is 2.67. The van der Waals surface area contributed by atoms with E-state index in [0.29, 0.717) is 16.9 Å². The molecule has 5 rings (SSSR count). The molecule has 1 fully saturated rings. The maximum atomic E-state index is 12.5. The molecule has 2 aromatic heterocycles. The highest BCUT2D eigenvalue weighted by atomic mass is 16.1. The molecule has 1 spiro atoms. The van der Waals surface area contributed by atoms with Gasteiger partial charge in [0.2, 0.25) is 0 Å². The van der Waals surface area contributed by atoms with Crippen LogP contribution in [0.3, 0.4) is 0 Å². The van der Waals surface area contributed by atoms with Gasteiger partial charge in [-0.15, -0.1) is 10.2 Å². The molecule has 0 bridgehead atoms. The molecule has 0 unspecified atom stereocenters. The zero-order chi connectivity index (χ0) is 17.0. The van der Waals surface area contributed by atoms with Crippen molar-refractivity contribution in [1.29, 1.82) is 0 Å². The van der Waals surface area contributed by atoms with Crippen molar-refractivity contribution in [3.63, 3.8) is 0 Å². The highest BCUT2D eigenvalue weighted by Crippen LogP contribution is 2.61. The second kappa shape index (κ2) is 5.15. The van der Waals surface area contributed by atoms with Gasteiger partial charge in [-0.2, -0.15) is 0 Å². The molecule has 2 aliphatic carbocycles. The van der Waals surface area contributed by atoms with Crippen LogP contribution in [0.5, 0.6) is 0 Å². The Balaban J connectivity index is 1.29. The second-order valence-corrected chi connectivity index (χ2v) is 7.32. The molecule has 1 aromatic carbocycles. The molecule has 0 radical (unpaired) electrons. The number of rotatable bonds is 3. The van der Waals surface area contributed by atoms with Gasteiger partial charge in [-0.1, -0.05) is 24.3 Å². The molecule has 2 aliphatic rings. The summed E-state index contributed by atoms with van der Waals surface area (Å²) < 4.78 is 1.85. The maximum Gasteiger partial charge on any atom is 0.252 e. The summed E-state index contributed by atoms with van der Waals surface area (Å²) in [7, 11) is 0. The average molecular weight is 332 g/mol. The Morgan fingerprint density at radius 1 is 1.28 bits per heavy atom. The van der Waals surface area contributed by atoms with Gasteiger partial charge >= 0.3 is 0 Å². The Morgan fingerprint density at radius 2 is 2.16 bits per heavy atom. The summed E-state index contributed by atoms with van der Waals surface area (Å²) in [5.74, 6) is 1.32. The standard InChI is InChI=1S/C20H20N4O/c1-13-22-23-18-7-6-15(12-24(13)18)19(25)21-11-16-10-20(16)9-8-14-4-2-3-5-17(14)20/h2-7,12,16H,8-11H2,1H3,(H,21,25)/t16-,20-/m0/s1. The molecular formula is C20H20N4O. The molecule has 3 aromatic rings. The van der Waals surface area contributed by atoms with E-state index < -0.39 is 0 Å². The van der Waals surface area contributed by atoms with Gasteiger partial charge in [-0.05, 0) is 55.4 Å². The maximum absolute atomic E-state index is 12.5. The normalized spacial score (nSPS) is 23.8. The minimum absolute atomic E-state index is 0.0247. The third-order valence-corrected chi connectivity index (χ3v) is 5.97. The van der Waals surface area contributed by atoms with Crippen LogP contribution in [0, 0.1) is 12.8 Å². The molecule has 0 saturated heterocycles. The molecule has 25 heavy (non-hydrogen) atoms. The molecule has 1 saturated carbocycles. The molecule has 5 heteroatoms. The van der Waals surface area contributed by atoms with Crippen LogP contribution in [0.25, 0.3) is 5.65 Å². The number of amides is 1. The van der Waals surface area contributed by atoms with Gasteiger partial charge < -0.3 is 5.32 Å². The highest BCUT2D eigenvalue weighted by Gasteiger charge is 2.57. The zero-order valence-electron chi connectivity index (χ0n) is 14.2. The van der Waals surface area contributed by atoms with Gasteiger partial charge in [0.05, 0.1) is 5.56 Å². The van der Waals surface area contributed by atoms with Crippen molar-refractivity contribution in [3.05, 3.63) is 65.1 Å². The van der Waals surface area contributed by atoms with Crippen LogP contribution >= 0.6 is 0 Å². The molecule has 2 heterocycles. The number of carbonyl (C=O) groups is 1. The second-order valence-electron chi connectivity index (χ2n) is 7.32. The summed E-state index contributed by atoms with van der Waals surface area (Å²) >= 11 is 0. The lowest BCUT2D eigenvalue weighted by molar-refractivity contribution is 0.0950. The van der Waals surface area contributed by atoms with E-state index in [0.717, 1.165) is 18.0 Å². The number of benzene rings is 1. The van der Waals surface area contributed by atoms with Crippen molar-refractivity contribution in [2.24, 2.45) is 5.92 Å². The number of hydrogen-bond acceptors (Lipinski definition) is 3. The fraction of sp³-hybridized carbons (Fsp3) is 0.350. The number of carbonyl (C=O) groups excluding carboxylic acids is 1. The fourth-order valence-electron chi connectivity index (χ4n) is 4.46. The van der Waals surface area contributed by atoms with Gasteiger partial charge in [0.15, 0.2) is 5.65 Å². The van der Waals surface area contributed by atoms with Gasteiger partial charge in [0.25, 0.3) is 5.91 Å². The Morgan fingerprint density at radius 3 is 3.08 bits per heavy atom. The Hall–Kier alpha value is -2.69. The Bertz CT molecular complexity index is 992. The van der Waals surface area contributed by atoms with E-state index >= 15 is 0 Å². The monoisotopic (exact) mass is 332 g/mol. The molecule has 1 N–H and O–H groups in total. The van der Waals surface area contributed by atoms with Gasteiger partial charge in [-0.25, -0.2) is 0 Å². The van der Waals surface area contributed by atoms with Crippen LogP contribution in [0.15, 0.2) is 42.6 Å². The van der Waals surface area contributed by atoms with Crippen molar-refractivity contribution in [3.8, 4) is 0 Å². The van der Waals surface area contributed by atoms with Crippen molar-refractivity contribution >= 4 is 11.6 Å². The Labute approximate surface area is 146 Å². The largest absolute Gasteiger partial charge is 0.352 e. The number of aromatic nitrogens is 3. The number of fused-ring (bicyclic) bond motifs is 3. The van der Waals surface area contributed by atoms with Crippen LogP contribution < -0.4 is 5.32 Å². The number of pyridine rings is 1. The van der Waals surface area contributed by atoms with E-state index in [2.05, 4.69) is 39.8 Å². The summed E-state index contributed by atoms with van der Waals surface area (Å²) in [5, 5.41) is 11.2. The average Bonchev–Trinajstić information content (AvgIpc) is 3.04. The summed E-state index contributed by atoms with van der Waals surface area (Å²) in [4.78, 5) is 12.5. The molecule has 2 atom stereocenters. The topological polar surface area (TPSA) is 59.3 Å². The Kier molecular flexibility index (Phi) is 3.02. The van der Waals surface area contributed by atoms with E-state index in [1.54, 1.807) is 0 Å². The molecule has 5 nitrogen and oxygen atoms in total. The van der Waals surface area contributed by atoms with Crippen LogP contribution in [-0.4, -0.2) is 27.0 Å². The molecule has 126 valence electrons. The van der Waals surface area contributed by atoms with Crippen molar-refractivity contribution in [2.45, 2.75) is 31.6 Å². The van der Waals surface area contributed by atoms with Gasteiger partial charge in [-0.3, -0.25) is 9.20 Å². The number of nitrogens with one attached hydrogen (secondary N) is 1. The van der Waals surface area contributed by atoms with E-state index in [4.69, 9.17) is 0 Å². The van der Waals surface area contributed by atoms with Crippen LogP contribution in [0.2, 0.25) is 0 Å². The third kappa shape index (κ3) is 2.18. The summed E-state index contributed by atoms with van der Waals surface area (Å²) in [5.41, 5.74) is 4.73. The molecule has 0 aliphatic heterocycles. The summed E-state index contributed by atoms with van der Waals surface area (Å²) in [6.45, 7) is 2.62. The first-order valence-corrected chi connectivity index (χ1v) is 8.85. The lowest BCUT2D eigenvalue weighted by Gasteiger charge is -2.12. The highest BCUT2D eigenvalue weighted by molar-refractivity contribution is 5.94. The van der Waals surface area contributed by atoms with E-state index in [-0.39, 0.29) is 5.91 Å². The fourth-order valence-corrected chi connectivity index (χ4v) is 4.46. The summed E-state index contributed by atoms with van der Waals surface area (Å²) in [6, 6.07) is 12.4. The lowest BCUT2D eigenvalue weighted by Crippen LogP contribution is -2.27. The van der Waals surface area contributed by atoms with E-state index in [1.807, 2.05) is 29.7 Å². The van der Waals surface area contributed by atoms with Crippen LogP contribution in [0.4, 0.5) is 0 Å². The minimum atomic E-state index is -0.0247. The van der Waals surface area contributed by atoms with Crippen LogP contribution in [-0.2, 0) is 11.8 Å². The molecule has 1 amide bonds. The van der Waals surface area contributed by atoms with Crippen molar-refractivity contribution in [2.75, 3.05) is 6.54 Å². The minimum Gasteiger partial charge on any atom is -0.352 e. The van der Waals surface area contributed by atoms with Crippen molar-refractivity contribution < 1.29 is 4.79 Å². The van der Waals surface area contributed by atoms with Crippen molar-refractivity contribution in [1.82, 2.24) is 19.9 Å². The predicted molar refractivity (Wildman–Crippen MR) is 94.6 cm³/mol. The first kappa shape index (κ1) is 14.6. The number of aryl methyl sites for hydroxylation is 2. The summed E-state index contributed by atoms with van der Waals surface area (Å²) in [6.07, 6.45) is 5.39. The lowest BCUT2D eigenvalue weighted by atomic mass is 9.95. The smallest absolute Gasteiger partial charge is 0.252 e. The first-order chi connectivity index (χ1) is 12.2. The van der Waals surface area contributed by atoms with E-state index in [1.165, 1.54) is 30.4 Å². The van der Waals surface area contributed by atoms with Crippen LogP contribution in [0.1, 0.15) is 40.2 Å². The first-order valence-electron chi connectivity index (χ1n) is 8.85. The van der Waals surface area contributed by atoms with E-state index in [9.17, 15) is 4.79 Å². The SMILES string of the molecule is Cc1nnc2ccc(C(=O)NC[C@@H]3C[C@@]34CCc3ccccc34)cn12. The molecular weight excluding hydrogens is 312 g/mol. The number of nitrogens with zero attached hydrogens (tertiary/aromatic N) is 3. The van der Waals surface area contributed by atoms with Gasteiger partial charge in [0, 0.05) is 18.2 Å².